The van der Waals surface area contributed by atoms with E-state index < -0.39 is 5.76 Å². The van der Waals surface area contributed by atoms with Crippen LogP contribution in [0.4, 0.5) is 5.69 Å². The van der Waals surface area contributed by atoms with Gasteiger partial charge in [-0.05, 0) is 24.3 Å². The van der Waals surface area contributed by atoms with Crippen LogP contribution in [0.1, 0.15) is 6.42 Å². The fourth-order valence-electron chi connectivity index (χ4n) is 2.29. The number of amides is 1. The van der Waals surface area contributed by atoms with Gasteiger partial charge in [0.1, 0.15) is 6.54 Å². The number of nitriles is 1. The highest BCUT2D eigenvalue weighted by molar-refractivity contribution is 5.93. The lowest BCUT2D eigenvalue weighted by molar-refractivity contribution is -0.119. The van der Waals surface area contributed by atoms with Gasteiger partial charge in [0.25, 0.3) is 5.89 Å². The first-order chi connectivity index (χ1) is 12.2. The Labute approximate surface area is 142 Å². The quantitative estimate of drug-likeness (QED) is 0.681. The van der Waals surface area contributed by atoms with Crippen molar-refractivity contribution in [3.63, 3.8) is 0 Å². The molecule has 0 saturated carbocycles. The number of carbonyl (C=O) groups excluding carboxylic acids is 1. The van der Waals surface area contributed by atoms with E-state index in [9.17, 15) is 9.59 Å². The number of hydrogen-bond acceptors (Lipinski definition) is 6. The van der Waals surface area contributed by atoms with Crippen molar-refractivity contribution in [3.05, 3.63) is 59.3 Å². The molecular formula is C17H14N4O4. The van der Waals surface area contributed by atoms with Gasteiger partial charge in [-0.2, -0.15) is 9.94 Å². The fraction of sp³-hybridized carbons (Fsp3) is 0.176. The van der Waals surface area contributed by atoms with E-state index in [-0.39, 0.29) is 31.3 Å². The van der Waals surface area contributed by atoms with Gasteiger partial charge in [0.05, 0.1) is 18.8 Å². The van der Waals surface area contributed by atoms with E-state index in [1.54, 1.807) is 36.4 Å². The molecule has 0 radical (unpaired) electrons. The summed E-state index contributed by atoms with van der Waals surface area (Å²) >= 11 is 0. The molecule has 0 atom stereocenters. The predicted octanol–water partition coefficient (Wildman–Crippen LogP) is 2.04. The van der Waals surface area contributed by atoms with Crippen molar-refractivity contribution in [1.82, 2.24) is 9.78 Å². The van der Waals surface area contributed by atoms with Gasteiger partial charge >= 0.3 is 5.76 Å². The third kappa shape index (κ3) is 3.67. The molecule has 3 aromatic rings. The summed E-state index contributed by atoms with van der Waals surface area (Å²) in [6.07, 6.45) is 1.60. The first-order valence-electron chi connectivity index (χ1n) is 7.53. The van der Waals surface area contributed by atoms with E-state index in [0.717, 1.165) is 4.68 Å². The predicted molar refractivity (Wildman–Crippen MR) is 87.5 cm³/mol. The lowest BCUT2D eigenvalue weighted by Gasteiger charge is -2.21. The summed E-state index contributed by atoms with van der Waals surface area (Å²) < 4.78 is 11.1. The minimum atomic E-state index is -0.756. The average molecular weight is 338 g/mol. The van der Waals surface area contributed by atoms with Crippen LogP contribution in [-0.4, -0.2) is 22.2 Å². The molecule has 8 heteroatoms. The van der Waals surface area contributed by atoms with E-state index in [1.165, 1.54) is 11.2 Å². The van der Waals surface area contributed by atoms with Crippen LogP contribution in [0.3, 0.4) is 0 Å². The van der Waals surface area contributed by atoms with Gasteiger partial charge in [-0.3, -0.25) is 4.79 Å². The minimum Gasteiger partial charge on any atom is -0.459 e. The number of carbonyl (C=O) groups is 1. The summed E-state index contributed by atoms with van der Waals surface area (Å²) in [5.74, 6) is -0.824. The van der Waals surface area contributed by atoms with Crippen molar-refractivity contribution in [2.75, 3.05) is 11.4 Å². The van der Waals surface area contributed by atoms with Gasteiger partial charge < -0.3 is 13.7 Å². The molecule has 8 nitrogen and oxygen atoms in total. The number of aromatic nitrogens is 2. The minimum absolute atomic E-state index is 0.00564. The molecule has 0 unspecified atom stereocenters. The summed E-state index contributed by atoms with van der Waals surface area (Å²) in [5.41, 5.74) is 0.644. The van der Waals surface area contributed by atoms with E-state index in [2.05, 4.69) is 5.10 Å². The zero-order valence-corrected chi connectivity index (χ0v) is 13.2. The zero-order valence-electron chi connectivity index (χ0n) is 13.2. The van der Waals surface area contributed by atoms with Crippen LogP contribution in [0.25, 0.3) is 11.7 Å². The largest absolute Gasteiger partial charge is 0.459 e. The molecule has 0 saturated heterocycles. The second-order valence-corrected chi connectivity index (χ2v) is 5.10. The van der Waals surface area contributed by atoms with Crippen LogP contribution in [0, 0.1) is 11.3 Å². The SMILES string of the molecule is N#CCCN(C(=O)Cn1nc(-c2ccco2)oc1=O)c1ccccc1. The number of para-hydroxylation sites is 1. The number of rotatable bonds is 6. The van der Waals surface area contributed by atoms with E-state index >= 15 is 0 Å². The second-order valence-electron chi connectivity index (χ2n) is 5.10. The molecule has 0 spiro atoms. The van der Waals surface area contributed by atoms with Crippen molar-refractivity contribution in [2.24, 2.45) is 0 Å². The van der Waals surface area contributed by atoms with Gasteiger partial charge in [0.2, 0.25) is 5.91 Å². The molecule has 2 aromatic heterocycles. The normalized spacial score (nSPS) is 10.4. The molecule has 1 amide bonds. The van der Waals surface area contributed by atoms with Crippen LogP contribution in [0.2, 0.25) is 0 Å². The van der Waals surface area contributed by atoms with Crippen molar-refractivity contribution in [2.45, 2.75) is 13.0 Å². The fourth-order valence-corrected chi connectivity index (χ4v) is 2.29. The smallest absolute Gasteiger partial charge is 0.437 e. The zero-order chi connectivity index (χ0) is 17.6. The highest BCUT2D eigenvalue weighted by Crippen LogP contribution is 2.16. The first-order valence-corrected chi connectivity index (χ1v) is 7.53. The maximum absolute atomic E-state index is 12.6. The molecular weight excluding hydrogens is 324 g/mol. The molecule has 2 heterocycles. The van der Waals surface area contributed by atoms with Crippen LogP contribution in [-0.2, 0) is 11.3 Å². The molecule has 25 heavy (non-hydrogen) atoms. The van der Waals surface area contributed by atoms with Crippen LogP contribution in [0.5, 0.6) is 0 Å². The molecule has 126 valence electrons. The Morgan fingerprint density at radius 3 is 2.72 bits per heavy atom. The molecule has 1 aromatic carbocycles. The number of benzene rings is 1. The Morgan fingerprint density at radius 2 is 2.04 bits per heavy atom. The summed E-state index contributed by atoms with van der Waals surface area (Å²) in [6.45, 7) is -0.0830. The monoisotopic (exact) mass is 338 g/mol. The molecule has 0 bridgehead atoms. The summed E-state index contributed by atoms with van der Waals surface area (Å²) in [6, 6.07) is 14.2. The van der Waals surface area contributed by atoms with Crippen molar-refractivity contribution >= 4 is 11.6 Å². The van der Waals surface area contributed by atoms with Crippen molar-refractivity contribution in [3.8, 4) is 17.7 Å². The summed E-state index contributed by atoms with van der Waals surface area (Å²) in [4.78, 5) is 26.0. The third-order valence-corrected chi connectivity index (χ3v) is 3.44. The van der Waals surface area contributed by atoms with Crippen LogP contribution in [0.15, 0.2) is 62.4 Å². The average Bonchev–Trinajstić information content (AvgIpc) is 3.27. The van der Waals surface area contributed by atoms with Gasteiger partial charge in [-0.15, -0.1) is 5.10 Å². The first kappa shape index (κ1) is 16.3. The lowest BCUT2D eigenvalue weighted by Crippen LogP contribution is -2.36. The van der Waals surface area contributed by atoms with E-state index in [1.807, 2.05) is 12.1 Å². The number of furan rings is 1. The Kier molecular flexibility index (Phi) is 4.76. The second kappa shape index (κ2) is 7.31. The molecule has 0 aliphatic carbocycles. The highest BCUT2D eigenvalue weighted by atomic mass is 16.4. The molecule has 0 fully saturated rings. The van der Waals surface area contributed by atoms with Crippen molar-refractivity contribution < 1.29 is 13.6 Å². The van der Waals surface area contributed by atoms with Gasteiger partial charge in [-0.1, -0.05) is 18.2 Å². The molecule has 0 aliphatic heterocycles. The van der Waals surface area contributed by atoms with Gasteiger partial charge in [0.15, 0.2) is 5.76 Å². The van der Waals surface area contributed by atoms with Gasteiger partial charge in [0, 0.05) is 12.2 Å². The Hall–Kier alpha value is -3.60. The topological polar surface area (TPSA) is 105 Å². The van der Waals surface area contributed by atoms with Crippen LogP contribution < -0.4 is 10.7 Å². The Bertz CT molecular complexity index is 935. The molecule has 0 N–H and O–H groups in total. The maximum Gasteiger partial charge on any atom is 0.437 e. The van der Waals surface area contributed by atoms with Crippen LogP contribution >= 0.6 is 0 Å². The number of anilines is 1. The molecule has 3 rings (SSSR count). The molecule has 0 aliphatic rings. The van der Waals surface area contributed by atoms with E-state index in [0.29, 0.717) is 11.4 Å². The third-order valence-electron chi connectivity index (χ3n) is 3.44. The Morgan fingerprint density at radius 1 is 1.24 bits per heavy atom. The Balaban J connectivity index is 1.82. The summed E-state index contributed by atoms with van der Waals surface area (Å²) in [7, 11) is 0. The number of hydrogen-bond donors (Lipinski definition) is 0. The van der Waals surface area contributed by atoms with Gasteiger partial charge in [-0.25, -0.2) is 4.79 Å². The maximum atomic E-state index is 12.6. The highest BCUT2D eigenvalue weighted by Gasteiger charge is 2.20. The van der Waals surface area contributed by atoms with E-state index in [4.69, 9.17) is 14.1 Å². The lowest BCUT2D eigenvalue weighted by atomic mass is 10.2. The van der Waals surface area contributed by atoms with Crippen molar-refractivity contribution in [1.29, 1.82) is 5.26 Å². The summed E-state index contributed by atoms with van der Waals surface area (Å²) in [5, 5.41) is 12.8. The number of nitrogens with zero attached hydrogens (tertiary/aromatic N) is 4. The standard InChI is InChI=1S/C17H14N4O4/c18-9-5-10-20(13-6-2-1-3-7-13)15(22)12-21-17(23)25-16(19-21)14-8-4-11-24-14/h1-4,6-8,11H,5,10,12H2.